The number of hydrogen-bond donors (Lipinski definition) is 0. The van der Waals surface area contributed by atoms with Gasteiger partial charge in [0.25, 0.3) is 0 Å². The van der Waals surface area contributed by atoms with Gasteiger partial charge < -0.3 is 9.64 Å². The van der Waals surface area contributed by atoms with Crippen LogP contribution >= 0.6 is 0 Å². The van der Waals surface area contributed by atoms with Crippen LogP contribution in [0.2, 0.25) is 0 Å². The van der Waals surface area contributed by atoms with E-state index in [9.17, 15) is 13.2 Å². The molecule has 1 aliphatic rings. The molecule has 1 fully saturated rings. The summed E-state index contributed by atoms with van der Waals surface area (Å²) in [6, 6.07) is 16.2. The third kappa shape index (κ3) is 4.82. The molecule has 0 N–H and O–H groups in total. The van der Waals surface area contributed by atoms with Gasteiger partial charge in [-0.05, 0) is 31.0 Å². The molecule has 6 heteroatoms. The molecule has 25 heavy (non-hydrogen) atoms. The number of likely N-dealkylation sites (tertiary alicyclic amines) is 1. The third-order valence-electron chi connectivity index (χ3n) is 4.12. The Kier molecular flexibility index (Phi) is 5.38. The summed E-state index contributed by atoms with van der Waals surface area (Å²) >= 11 is 0. The Morgan fingerprint density at radius 1 is 0.960 bits per heavy atom. The van der Waals surface area contributed by atoms with E-state index in [1.807, 2.05) is 30.3 Å². The number of hydrogen-bond acceptors (Lipinski definition) is 4. The standard InChI is InChI=1S/C19H21NO4S/c21-19(20-12-6-7-13-20)15-25(22,23)14-16-8-4-5-11-18(16)24-17-9-2-1-3-10-17/h1-5,8-11H,6-7,12-15H2. The number of benzene rings is 2. The average Bonchev–Trinajstić information content (AvgIpc) is 3.12. The Morgan fingerprint density at radius 2 is 1.60 bits per heavy atom. The maximum Gasteiger partial charge on any atom is 0.237 e. The lowest BCUT2D eigenvalue weighted by Crippen LogP contribution is -2.33. The summed E-state index contributed by atoms with van der Waals surface area (Å²) in [4.78, 5) is 13.8. The topological polar surface area (TPSA) is 63.7 Å². The Balaban J connectivity index is 1.72. The molecule has 0 atom stereocenters. The number of amides is 1. The molecule has 1 heterocycles. The number of sulfone groups is 1. The Labute approximate surface area is 148 Å². The molecule has 1 saturated heterocycles. The first kappa shape index (κ1) is 17.5. The van der Waals surface area contributed by atoms with Crippen LogP contribution in [0.3, 0.4) is 0 Å². The molecular formula is C19H21NO4S. The molecule has 0 radical (unpaired) electrons. The Hall–Kier alpha value is -2.34. The summed E-state index contributed by atoms with van der Waals surface area (Å²) in [6.45, 7) is 1.31. The van der Waals surface area contributed by atoms with E-state index in [1.165, 1.54) is 0 Å². The molecule has 1 amide bonds. The zero-order valence-corrected chi connectivity index (χ0v) is 14.7. The molecule has 0 aromatic heterocycles. The summed E-state index contributed by atoms with van der Waals surface area (Å²) in [6.07, 6.45) is 1.89. The van der Waals surface area contributed by atoms with E-state index in [2.05, 4.69) is 0 Å². The second kappa shape index (κ2) is 7.70. The van der Waals surface area contributed by atoms with Crippen molar-refractivity contribution in [2.75, 3.05) is 18.8 Å². The largest absolute Gasteiger partial charge is 0.457 e. The highest BCUT2D eigenvalue weighted by atomic mass is 32.2. The molecule has 132 valence electrons. The van der Waals surface area contributed by atoms with Gasteiger partial charge in [0.1, 0.15) is 17.3 Å². The molecule has 0 aliphatic carbocycles. The number of nitrogens with zero attached hydrogens (tertiary/aromatic N) is 1. The number of ether oxygens (including phenoxy) is 1. The van der Waals surface area contributed by atoms with Gasteiger partial charge in [-0.25, -0.2) is 8.42 Å². The number of para-hydroxylation sites is 2. The van der Waals surface area contributed by atoms with Crippen LogP contribution in [0.5, 0.6) is 11.5 Å². The Bertz CT molecular complexity index is 828. The lowest BCUT2D eigenvalue weighted by molar-refractivity contribution is -0.127. The lowest BCUT2D eigenvalue weighted by atomic mass is 10.2. The molecule has 0 bridgehead atoms. The van der Waals surface area contributed by atoms with Crippen molar-refractivity contribution >= 4 is 15.7 Å². The van der Waals surface area contributed by atoms with Crippen molar-refractivity contribution in [2.45, 2.75) is 18.6 Å². The molecule has 1 aliphatic heterocycles. The predicted molar refractivity (Wildman–Crippen MR) is 96.3 cm³/mol. The smallest absolute Gasteiger partial charge is 0.237 e. The maximum atomic E-state index is 12.5. The van der Waals surface area contributed by atoms with E-state index in [1.54, 1.807) is 29.2 Å². The van der Waals surface area contributed by atoms with Gasteiger partial charge in [-0.3, -0.25) is 4.79 Å². The van der Waals surface area contributed by atoms with Crippen LogP contribution in [0.15, 0.2) is 54.6 Å². The minimum absolute atomic E-state index is 0.213. The van der Waals surface area contributed by atoms with Gasteiger partial charge in [-0.2, -0.15) is 0 Å². The van der Waals surface area contributed by atoms with Crippen LogP contribution in [0.25, 0.3) is 0 Å². The fourth-order valence-corrected chi connectivity index (χ4v) is 4.25. The SMILES string of the molecule is O=C(CS(=O)(=O)Cc1ccccc1Oc1ccccc1)N1CCCC1. The molecule has 0 saturated carbocycles. The normalized spacial score (nSPS) is 14.5. The van der Waals surface area contributed by atoms with Crippen LogP contribution in [0, 0.1) is 0 Å². The van der Waals surface area contributed by atoms with Crippen LogP contribution in [-0.4, -0.2) is 38.1 Å². The van der Waals surface area contributed by atoms with Gasteiger partial charge in [0.05, 0.1) is 5.75 Å². The first-order valence-electron chi connectivity index (χ1n) is 8.32. The number of carbonyl (C=O) groups is 1. The average molecular weight is 359 g/mol. The highest BCUT2D eigenvalue weighted by Crippen LogP contribution is 2.26. The number of rotatable bonds is 6. The van der Waals surface area contributed by atoms with E-state index in [4.69, 9.17) is 4.74 Å². The van der Waals surface area contributed by atoms with Crippen molar-refractivity contribution in [3.63, 3.8) is 0 Å². The third-order valence-corrected chi connectivity index (χ3v) is 5.56. The van der Waals surface area contributed by atoms with E-state index < -0.39 is 15.6 Å². The summed E-state index contributed by atoms with van der Waals surface area (Å²) in [5, 5.41) is 0. The van der Waals surface area contributed by atoms with Crippen molar-refractivity contribution in [3.8, 4) is 11.5 Å². The maximum absolute atomic E-state index is 12.5. The monoisotopic (exact) mass is 359 g/mol. The quantitative estimate of drug-likeness (QED) is 0.795. The fourth-order valence-electron chi connectivity index (χ4n) is 2.87. The number of carbonyl (C=O) groups excluding carboxylic acids is 1. The summed E-state index contributed by atoms with van der Waals surface area (Å²) < 4.78 is 30.7. The van der Waals surface area contributed by atoms with E-state index >= 15 is 0 Å². The van der Waals surface area contributed by atoms with Gasteiger partial charge in [0, 0.05) is 18.7 Å². The zero-order valence-electron chi connectivity index (χ0n) is 13.9. The Morgan fingerprint density at radius 3 is 2.32 bits per heavy atom. The van der Waals surface area contributed by atoms with Gasteiger partial charge in [0.15, 0.2) is 9.84 Å². The second-order valence-corrected chi connectivity index (χ2v) is 8.21. The van der Waals surface area contributed by atoms with Crippen molar-refractivity contribution in [3.05, 3.63) is 60.2 Å². The van der Waals surface area contributed by atoms with Crippen molar-refractivity contribution in [2.24, 2.45) is 0 Å². The molecule has 0 spiro atoms. The minimum atomic E-state index is -3.56. The molecule has 0 unspecified atom stereocenters. The van der Waals surface area contributed by atoms with Crippen molar-refractivity contribution in [1.29, 1.82) is 0 Å². The van der Waals surface area contributed by atoms with E-state index in [-0.39, 0.29) is 11.7 Å². The molecule has 2 aromatic rings. The fraction of sp³-hybridized carbons (Fsp3) is 0.316. The summed E-state index contributed by atoms with van der Waals surface area (Å²) in [5.41, 5.74) is 0.556. The molecule has 3 rings (SSSR count). The summed E-state index contributed by atoms with van der Waals surface area (Å²) in [5.74, 6) is 0.160. The molecule has 2 aromatic carbocycles. The first-order valence-corrected chi connectivity index (χ1v) is 10.1. The van der Waals surface area contributed by atoms with Crippen molar-refractivity contribution < 1.29 is 17.9 Å². The van der Waals surface area contributed by atoms with Crippen molar-refractivity contribution in [1.82, 2.24) is 4.90 Å². The molecule has 5 nitrogen and oxygen atoms in total. The predicted octanol–water partition coefficient (Wildman–Crippen LogP) is 3.02. The minimum Gasteiger partial charge on any atom is -0.457 e. The highest BCUT2D eigenvalue weighted by Gasteiger charge is 2.25. The second-order valence-electron chi connectivity index (χ2n) is 6.14. The zero-order chi connectivity index (χ0) is 17.7. The van der Waals surface area contributed by atoms with Crippen LogP contribution < -0.4 is 4.74 Å². The van der Waals surface area contributed by atoms with Gasteiger partial charge in [0.2, 0.25) is 5.91 Å². The van der Waals surface area contributed by atoms with Crippen LogP contribution in [-0.2, 0) is 20.4 Å². The van der Waals surface area contributed by atoms with Gasteiger partial charge in [-0.1, -0.05) is 36.4 Å². The highest BCUT2D eigenvalue weighted by molar-refractivity contribution is 7.91. The first-order chi connectivity index (χ1) is 12.0. The van der Waals surface area contributed by atoms with Gasteiger partial charge >= 0.3 is 0 Å². The van der Waals surface area contributed by atoms with E-state index in [0.29, 0.717) is 30.2 Å². The molecular weight excluding hydrogens is 338 g/mol. The van der Waals surface area contributed by atoms with Gasteiger partial charge in [-0.15, -0.1) is 0 Å². The van der Waals surface area contributed by atoms with Crippen LogP contribution in [0.1, 0.15) is 18.4 Å². The van der Waals surface area contributed by atoms with Crippen LogP contribution in [0.4, 0.5) is 0 Å². The summed E-state index contributed by atoms with van der Waals surface area (Å²) in [7, 11) is -3.56. The van der Waals surface area contributed by atoms with E-state index in [0.717, 1.165) is 12.8 Å². The lowest BCUT2D eigenvalue weighted by Gasteiger charge is -2.16.